The van der Waals surface area contributed by atoms with Gasteiger partial charge in [0.2, 0.25) is 5.91 Å². The molecule has 2 aromatic rings. The van der Waals surface area contributed by atoms with E-state index >= 15 is 0 Å². The molecule has 1 amide bonds. The number of rotatable bonds is 4. The molecule has 1 aliphatic heterocycles. The molecule has 6 nitrogen and oxygen atoms in total. The summed E-state index contributed by atoms with van der Waals surface area (Å²) in [5, 5.41) is 4.99. The molecule has 24 heavy (non-hydrogen) atoms. The number of piperidine rings is 1. The van der Waals surface area contributed by atoms with Crippen LogP contribution in [0.2, 0.25) is 5.02 Å². The monoisotopic (exact) mass is 347 g/mol. The van der Waals surface area contributed by atoms with Gasteiger partial charge < -0.3 is 9.80 Å². The molecule has 0 radical (unpaired) electrons. The van der Waals surface area contributed by atoms with Gasteiger partial charge in [0, 0.05) is 32.5 Å². The van der Waals surface area contributed by atoms with Crippen LogP contribution in [0.3, 0.4) is 0 Å². The normalized spacial score (nSPS) is 17.8. The van der Waals surface area contributed by atoms with E-state index < -0.39 is 0 Å². The fraction of sp³-hybridized carbons (Fsp3) is 0.471. The van der Waals surface area contributed by atoms with E-state index in [0.29, 0.717) is 18.1 Å². The lowest BCUT2D eigenvalue weighted by molar-refractivity contribution is -0.131. The quantitative estimate of drug-likeness (QED) is 0.853. The largest absolute Gasteiger partial charge is 0.350 e. The zero-order valence-corrected chi connectivity index (χ0v) is 14.8. The molecule has 3 rings (SSSR count). The predicted octanol–water partition coefficient (Wildman–Crippen LogP) is 2.54. The van der Waals surface area contributed by atoms with E-state index in [4.69, 9.17) is 11.6 Å². The molecule has 1 fully saturated rings. The average Bonchev–Trinajstić information content (AvgIpc) is 3.02. The summed E-state index contributed by atoms with van der Waals surface area (Å²) in [6.45, 7) is 3.85. The standard InChI is InChI=1S/C17H22ClN5O/c1-13-8-20-23(10-13)15-4-3-7-22(11-15)17(24)12-21(2)16-6-5-14(18)9-19-16/h5-6,8-10,15H,3-4,7,11-12H2,1-2H3. The van der Waals surface area contributed by atoms with Crippen molar-refractivity contribution >= 4 is 23.3 Å². The Bertz CT molecular complexity index is 699. The predicted molar refractivity (Wildman–Crippen MR) is 94.3 cm³/mol. The number of aromatic nitrogens is 3. The van der Waals surface area contributed by atoms with Crippen LogP contribution in [0.15, 0.2) is 30.7 Å². The van der Waals surface area contributed by atoms with Crippen molar-refractivity contribution < 1.29 is 4.79 Å². The van der Waals surface area contributed by atoms with Crippen LogP contribution >= 0.6 is 11.6 Å². The second kappa shape index (κ2) is 7.21. The van der Waals surface area contributed by atoms with Crippen LogP contribution in [0.5, 0.6) is 0 Å². The highest BCUT2D eigenvalue weighted by molar-refractivity contribution is 6.30. The molecule has 1 aliphatic rings. The van der Waals surface area contributed by atoms with Crippen molar-refractivity contribution in [2.75, 3.05) is 31.6 Å². The minimum absolute atomic E-state index is 0.114. The average molecular weight is 348 g/mol. The summed E-state index contributed by atoms with van der Waals surface area (Å²) in [7, 11) is 1.87. The second-order valence-corrected chi connectivity index (χ2v) is 6.76. The number of anilines is 1. The van der Waals surface area contributed by atoms with Gasteiger partial charge in [-0.3, -0.25) is 9.48 Å². The Labute approximate surface area is 147 Å². The van der Waals surface area contributed by atoms with E-state index in [1.807, 2.05) is 46.9 Å². The molecule has 1 atom stereocenters. The number of amides is 1. The highest BCUT2D eigenvalue weighted by Crippen LogP contribution is 2.22. The highest BCUT2D eigenvalue weighted by Gasteiger charge is 2.25. The minimum atomic E-state index is 0.114. The third kappa shape index (κ3) is 3.87. The number of likely N-dealkylation sites (tertiary alicyclic amines) is 1. The fourth-order valence-electron chi connectivity index (χ4n) is 3.01. The van der Waals surface area contributed by atoms with Gasteiger partial charge in [0.1, 0.15) is 5.82 Å². The topological polar surface area (TPSA) is 54.3 Å². The lowest BCUT2D eigenvalue weighted by Crippen LogP contribution is -2.45. The summed E-state index contributed by atoms with van der Waals surface area (Å²) in [6.07, 6.45) is 7.55. The molecule has 128 valence electrons. The summed E-state index contributed by atoms with van der Waals surface area (Å²) < 4.78 is 1.99. The number of aryl methyl sites for hydroxylation is 1. The number of carbonyl (C=O) groups is 1. The van der Waals surface area contributed by atoms with E-state index in [-0.39, 0.29) is 11.9 Å². The van der Waals surface area contributed by atoms with Crippen LogP contribution in [0.1, 0.15) is 24.4 Å². The van der Waals surface area contributed by atoms with Gasteiger partial charge in [-0.1, -0.05) is 11.6 Å². The van der Waals surface area contributed by atoms with Crippen molar-refractivity contribution in [3.8, 4) is 0 Å². The van der Waals surface area contributed by atoms with Gasteiger partial charge in [-0.25, -0.2) is 4.98 Å². The molecule has 0 N–H and O–H groups in total. The lowest BCUT2D eigenvalue weighted by Gasteiger charge is -2.34. The summed E-state index contributed by atoms with van der Waals surface area (Å²) >= 11 is 5.86. The Balaban J connectivity index is 1.60. The maximum Gasteiger partial charge on any atom is 0.242 e. The van der Waals surface area contributed by atoms with Gasteiger partial charge in [-0.2, -0.15) is 5.10 Å². The zero-order chi connectivity index (χ0) is 17.1. The zero-order valence-electron chi connectivity index (χ0n) is 14.0. The Hall–Kier alpha value is -2.08. The van der Waals surface area contributed by atoms with E-state index in [1.165, 1.54) is 0 Å². The SMILES string of the molecule is Cc1cnn(C2CCCN(C(=O)CN(C)c3ccc(Cl)cn3)C2)c1. The van der Waals surface area contributed by atoms with Gasteiger partial charge in [0.25, 0.3) is 0 Å². The number of carbonyl (C=O) groups excluding carboxylic acids is 1. The maximum absolute atomic E-state index is 12.6. The van der Waals surface area contributed by atoms with E-state index in [9.17, 15) is 4.79 Å². The van der Waals surface area contributed by atoms with Gasteiger partial charge in [0.05, 0.1) is 23.8 Å². The molecule has 0 bridgehead atoms. The van der Waals surface area contributed by atoms with Crippen LogP contribution < -0.4 is 4.90 Å². The number of likely N-dealkylation sites (N-methyl/N-ethyl adjacent to an activating group) is 1. The number of hydrogen-bond donors (Lipinski definition) is 0. The molecule has 1 saturated heterocycles. The molecule has 1 unspecified atom stereocenters. The Morgan fingerprint density at radius 2 is 2.25 bits per heavy atom. The number of hydrogen-bond acceptors (Lipinski definition) is 4. The molecule has 0 saturated carbocycles. The fourth-order valence-corrected chi connectivity index (χ4v) is 3.12. The Morgan fingerprint density at radius 1 is 1.42 bits per heavy atom. The molecule has 3 heterocycles. The smallest absolute Gasteiger partial charge is 0.242 e. The van der Waals surface area contributed by atoms with E-state index in [0.717, 1.165) is 30.8 Å². The van der Waals surface area contributed by atoms with Crippen molar-refractivity contribution in [2.24, 2.45) is 0 Å². The van der Waals surface area contributed by atoms with Crippen molar-refractivity contribution in [1.29, 1.82) is 0 Å². The first-order valence-corrected chi connectivity index (χ1v) is 8.52. The van der Waals surface area contributed by atoms with Crippen molar-refractivity contribution in [1.82, 2.24) is 19.7 Å². The van der Waals surface area contributed by atoms with Crippen LogP contribution in [-0.4, -0.2) is 52.3 Å². The van der Waals surface area contributed by atoms with E-state index in [1.54, 1.807) is 12.3 Å². The minimum Gasteiger partial charge on any atom is -0.350 e. The number of pyridine rings is 1. The molecular weight excluding hydrogens is 326 g/mol. The van der Waals surface area contributed by atoms with Crippen LogP contribution in [0.4, 0.5) is 5.82 Å². The van der Waals surface area contributed by atoms with Gasteiger partial charge >= 0.3 is 0 Å². The number of nitrogens with zero attached hydrogens (tertiary/aromatic N) is 5. The summed E-state index contributed by atoms with van der Waals surface area (Å²) in [5.74, 6) is 0.854. The van der Waals surface area contributed by atoms with Crippen LogP contribution in [-0.2, 0) is 4.79 Å². The van der Waals surface area contributed by atoms with Crippen LogP contribution in [0, 0.1) is 6.92 Å². The van der Waals surface area contributed by atoms with Crippen LogP contribution in [0.25, 0.3) is 0 Å². The first kappa shape index (κ1) is 16.8. The van der Waals surface area contributed by atoms with Crippen molar-refractivity contribution in [3.63, 3.8) is 0 Å². The maximum atomic E-state index is 12.6. The lowest BCUT2D eigenvalue weighted by atomic mass is 10.1. The van der Waals surface area contributed by atoms with Gasteiger partial charge in [-0.05, 0) is 37.5 Å². The summed E-state index contributed by atoms with van der Waals surface area (Å²) in [4.78, 5) is 20.7. The molecule has 0 spiro atoms. The van der Waals surface area contributed by atoms with Crippen molar-refractivity contribution in [2.45, 2.75) is 25.8 Å². The molecular formula is C17H22ClN5O. The summed E-state index contributed by atoms with van der Waals surface area (Å²) in [6, 6.07) is 3.86. The highest BCUT2D eigenvalue weighted by atomic mass is 35.5. The van der Waals surface area contributed by atoms with Gasteiger partial charge in [0.15, 0.2) is 0 Å². The first-order chi connectivity index (χ1) is 11.5. The van der Waals surface area contributed by atoms with Crippen molar-refractivity contribution in [3.05, 3.63) is 41.3 Å². The summed E-state index contributed by atoms with van der Waals surface area (Å²) in [5.41, 5.74) is 1.15. The van der Waals surface area contributed by atoms with E-state index in [2.05, 4.69) is 10.1 Å². The third-order valence-electron chi connectivity index (χ3n) is 4.33. The Kier molecular flexibility index (Phi) is 5.04. The van der Waals surface area contributed by atoms with Gasteiger partial charge in [-0.15, -0.1) is 0 Å². The third-order valence-corrected chi connectivity index (χ3v) is 4.55. The first-order valence-electron chi connectivity index (χ1n) is 8.14. The molecule has 7 heteroatoms. The number of halogens is 1. The molecule has 0 aliphatic carbocycles. The molecule has 2 aromatic heterocycles. The molecule has 0 aromatic carbocycles. The Morgan fingerprint density at radius 3 is 2.92 bits per heavy atom. The second-order valence-electron chi connectivity index (χ2n) is 6.32.